The molecule has 3 aliphatic heterocycles. The molecule has 2 aromatic carbocycles. The van der Waals surface area contributed by atoms with Crippen LogP contribution in [0.2, 0.25) is 0 Å². The lowest BCUT2D eigenvalue weighted by molar-refractivity contribution is -0.129. The summed E-state index contributed by atoms with van der Waals surface area (Å²) < 4.78 is 28.2. The fraction of sp³-hybridized carbons (Fsp3) is 0.421. The summed E-state index contributed by atoms with van der Waals surface area (Å²) in [7, 11) is -3.56. The van der Waals surface area contributed by atoms with Gasteiger partial charge in [-0.15, -0.1) is 0 Å². The van der Waals surface area contributed by atoms with Crippen molar-refractivity contribution in [1.29, 1.82) is 0 Å². The Morgan fingerprint density at radius 1 is 1.00 bits per heavy atom. The van der Waals surface area contributed by atoms with Crippen LogP contribution in [-0.2, 0) is 14.8 Å². The molecular weight excluding hydrogens is 336 g/mol. The Bertz CT molecular complexity index is 925. The SMILES string of the molecule is CC(=O)N1C[C@H]2CC[C@@H](C1)N(S(=O)(=O)c1ccc3ccccc3c1)C2. The number of hydrogen-bond acceptors (Lipinski definition) is 3. The van der Waals surface area contributed by atoms with Crippen molar-refractivity contribution < 1.29 is 13.2 Å². The Kier molecular flexibility index (Phi) is 4.04. The summed E-state index contributed by atoms with van der Waals surface area (Å²) in [5.74, 6) is 0.250. The second-order valence-corrected chi connectivity index (χ2v) is 9.00. The fourth-order valence-corrected chi connectivity index (χ4v) is 5.81. The highest BCUT2D eigenvalue weighted by Gasteiger charge is 2.41. The van der Waals surface area contributed by atoms with Crippen molar-refractivity contribution in [2.75, 3.05) is 19.6 Å². The third kappa shape index (κ3) is 2.93. The van der Waals surface area contributed by atoms with Gasteiger partial charge in [-0.1, -0.05) is 30.3 Å². The average molecular weight is 358 g/mol. The van der Waals surface area contributed by atoms with Gasteiger partial charge in [-0.25, -0.2) is 8.42 Å². The number of hydrogen-bond donors (Lipinski definition) is 0. The molecule has 0 saturated carbocycles. The van der Waals surface area contributed by atoms with Crippen LogP contribution in [0.3, 0.4) is 0 Å². The van der Waals surface area contributed by atoms with Gasteiger partial charge in [-0.05, 0) is 41.7 Å². The minimum Gasteiger partial charge on any atom is -0.341 e. The first-order valence-corrected chi connectivity index (χ1v) is 10.2. The smallest absolute Gasteiger partial charge is 0.243 e. The van der Waals surface area contributed by atoms with Gasteiger partial charge in [0.1, 0.15) is 0 Å². The number of nitrogens with zero attached hydrogens (tertiary/aromatic N) is 2. The van der Waals surface area contributed by atoms with Gasteiger partial charge in [0.05, 0.1) is 4.90 Å². The van der Waals surface area contributed by atoms with Crippen molar-refractivity contribution in [3.63, 3.8) is 0 Å². The first-order chi connectivity index (χ1) is 11.9. The topological polar surface area (TPSA) is 57.7 Å². The molecule has 25 heavy (non-hydrogen) atoms. The quantitative estimate of drug-likeness (QED) is 0.829. The number of rotatable bonds is 2. The number of amides is 1. The zero-order valence-corrected chi connectivity index (χ0v) is 15.1. The summed E-state index contributed by atoms with van der Waals surface area (Å²) in [5.41, 5.74) is 0. The summed E-state index contributed by atoms with van der Waals surface area (Å²) in [6.45, 7) is 3.23. The van der Waals surface area contributed by atoms with Gasteiger partial charge in [0, 0.05) is 32.6 Å². The van der Waals surface area contributed by atoms with E-state index in [9.17, 15) is 13.2 Å². The van der Waals surface area contributed by atoms with E-state index in [2.05, 4.69) is 0 Å². The molecule has 0 spiro atoms. The molecule has 0 unspecified atom stereocenters. The van der Waals surface area contributed by atoms with Gasteiger partial charge in [-0.2, -0.15) is 4.31 Å². The van der Waals surface area contributed by atoms with Crippen LogP contribution in [0.4, 0.5) is 0 Å². The van der Waals surface area contributed by atoms with E-state index in [-0.39, 0.29) is 17.9 Å². The Labute approximate surface area is 148 Å². The number of carbonyl (C=O) groups is 1. The van der Waals surface area contributed by atoms with E-state index in [4.69, 9.17) is 0 Å². The van der Waals surface area contributed by atoms with Crippen LogP contribution in [0, 0.1) is 5.92 Å². The molecule has 2 atom stereocenters. The van der Waals surface area contributed by atoms with E-state index in [1.54, 1.807) is 28.3 Å². The molecule has 6 heteroatoms. The van der Waals surface area contributed by atoms with E-state index >= 15 is 0 Å². The van der Waals surface area contributed by atoms with E-state index < -0.39 is 10.0 Å². The minimum atomic E-state index is -3.56. The van der Waals surface area contributed by atoms with Crippen molar-refractivity contribution in [2.24, 2.45) is 5.92 Å². The first-order valence-electron chi connectivity index (χ1n) is 8.71. The molecule has 2 aromatic rings. The third-order valence-corrected chi connectivity index (χ3v) is 7.35. The summed E-state index contributed by atoms with van der Waals surface area (Å²) in [6.07, 6.45) is 1.81. The lowest BCUT2D eigenvalue weighted by Gasteiger charge is -2.34. The summed E-state index contributed by atoms with van der Waals surface area (Å²) in [6, 6.07) is 13.0. The molecule has 3 fully saturated rings. The van der Waals surface area contributed by atoms with Crippen LogP contribution in [-0.4, -0.2) is 49.2 Å². The molecule has 0 N–H and O–H groups in total. The Morgan fingerprint density at radius 3 is 2.52 bits per heavy atom. The van der Waals surface area contributed by atoms with Crippen LogP contribution in [0.5, 0.6) is 0 Å². The number of fused-ring (bicyclic) bond motifs is 5. The molecule has 0 radical (unpaired) electrons. The predicted molar refractivity (Wildman–Crippen MR) is 96.6 cm³/mol. The number of sulfonamides is 1. The Hall–Kier alpha value is -1.92. The Morgan fingerprint density at radius 2 is 1.76 bits per heavy atom. The highest BCUT2D eigenvalue weighted by Crippen LogP contribution is 2.33. The van der Waals surface area contributed by atoms with Crippen molar-refractivity contribution in [3.8, 4) is 0 Å². The molecule has 5 nitrogen and oxygen atoms in total. The summed E-state index contributed by atoms with van der Waals surface area (Å²) >= 11 is 0. The van der Waals surface area contributed by atoms with Crippen LogP contribution in [0.15, 0.2) is 47.4 Å². The number of carbonyl (C=O) groups excluding carboxylic acids is 1. The average Bonchev–Trinajstić information content (AvgIpc) is 2.94. The lowest BCUT2D eigenvalue weighted by atomic mass is 9.97. The predicted octanol–water partition coefficient (Wildman–Crippen LogP) is 2.47. The number of benzene rings is 2. The van der Waals surface area contributed by atoms with Crippen molar-refractivity contribution in [1.82, 2.24) is 9.21 Å². The van der Waals surface area contributed by atoms with Crippen LogP contribution < -0.4 is 0 Å². The van der Waals surface area contributed by atoms with Gasteiger partial charge in [0.15, 0.2) is 0 Å². The van der Waals surface area contributed by atoms with E-state index in [0.29, 0.717) is 24.5 Å². The summed E-state index contributed by atoms with van der Waals surface area (Å²) in [5, 5.41) is 1.95. The molecule has 5 rings (SSSR count). The normalized spacial score (nSPS) is 24.4. The molecule has 3 aliphatic rings. The molecule has 3 saturated heterocycles. The molecule has 132 valence electrons. The monoisotopic (exact) mass is 358 g/mol. The lowest BCUT2D eigenvalue weighted by Crippen LogP contribution is -2.47. The van der Waals surface area contributed by atoms with E-state index in [1.807, 2.05) is 30.3 Å². The van der Waals surface area contributed by atoms with Crippen LogP contribution in [0.1, 0.15) is 19.8 Å². The maximum atomic E-state index is 13.3. The van der Waals surface area contributed by atoms with E-state index in [1.165, 1.54) is 0 Å². The molecule has 0 aliphatic carbocycles. The van der Waals surface area contributed by atoms with Crippen molar-refractivity contribution >= 4 is 26.7 Å². The maximum absolute atomic E-state index is 13.3. The standard InChI is InChI=1S/C19H22N2O3S/c1-14(22)20-11-15-6-8-18(13-20)21(12-15)25(23,24)19-9-7-16-4-2-3-5-17(16)10-19/h2-5,7,9-10,15,18H,6,8,11-13H2,1H3/t15-,18+/m1/s1. The van der Waals surface area contributed by atoms with Gasteiger partial charge < -0.3 is 4.90 Å². The van der Waals surface area contributed by atoms with Gasteiger partial charge in [0.2, 0.25) is 15.9 Å². The summed E-state index contributed by atoms with van der Waals surface area (Å²) in [4.78, 5) is 13.9. The van der Waals surface area contributed by atoms with Crippen LogP contribution in [0.25, 0.3) is 10.8 Å². The molecule has 3 heterocycles. The third-order valence-electron chi connectivity index (χ3n) is 5.44. The van der Waals surface area contributed by atoms with Gasteiger partial charge in [-0.3, -0.25) is 4.79 Å². The molecular formula is C19H22N2O3S. The zero-order chi connectivity index (χ0) is 17.6. The highest BCUT2D eigenvalue weighted by atomic mass is 32.2. The van der Waals surface area contributed by atoms with Crippen molar-refractivity contribution in [2.45, 2.75) is 30.7 Å². The fourth-order valence-electron chi connectivity index (χ4n) is 4.05. The first kappa shape index (κ1) is 16.5. The second kappa shape index (κ2) is 6.11. The van der Waals surface area contributed by atoms with E-state index in [0.717, 1.165) is 23.6 Å². The maximum Gasteiger partial charge on any atom is 0.243 e. The minimum absolute atomic E-state index is 0.0295. The molecule has 2 bridgehead atoms. The highest BCUT2D eigenvalue weighted by molar-refractivity contribution is 7.89. The van der Waals surface area contributed by atoms with Crippen LogP contribution >= 0.6 is 0 Å². The van der Waals surface area contributed by atoms with Gasteiger partial charge >= 0.3 is 0 Å². The molecule has 1 amide bonds. The Balaban J connectivity index is 1.70. The largest absolute Gasteiger partial charge is 0.341 e. The van der Waals surface area contributed by atoms with Crippen molar-refractivity contribution in [3.05, 3.63) is 42.5 Å². The number of piperidine rings is 1. The second-order valence-electron chi connectivity index (χ2n) is 7.10. The van der Waals surface area contributed by atoms with Gasteiger partial charge in [0.25, 0.3) is 0 Å². The zero-order valence-electron chi connectivity index (χ0n) is 14.3. The molecule has 0 aromatic heterocycles.